The summed E-state index contributed by atoms with van der Waals surface area (Å²) in [5, 5.41) is 6.58. The Bertz CT molecular complexity index is 447. The molecule has 1 atom stereocenters. The maximum atomic E-state index is 5.75. The quantitative estimate of drug-likeness (QED) is 0.460. The number of aromatic amines is 1. The van der Waals surface area contributed by atoms with Crippen molar-refractivity contribution in [2.24, 2.45) is 5.84 Å². The molecule has 6 N–H and O–H groups in total. The summed E-state index contributed by atoms with van der Waals surface area (Å²) in [4.78, 5) is 2.37. The van der Waals surface area contributed by atoms with Crippen molar-refractivity contribution < 1.29 is 0 Å². The van der Waals surface area contributed by atoms with E-state index in [0.717, 1.165) is 10.4 Å². The van der Waals surface area contributed by atoms with Gasteiger partial charge in [0.25, 0.3) is 0 Å². The van der Waals surface area contributed by atoms with Crippen molar-refractivity contribution in [2.45, 2.75) is 13.0 Å². The van der Waals surface area contributed by atoms with Gasteiger partial charge in [0.1, 0.15) is 5.82 Å². The van der Waals surface area contributed by atoms with Gasteiger partial charge in [0.2, 0.25) is 0 Å². The van der Waals surface area contributed by atoms with E-state index in [-0.39, 0.29) is 6.04 Å². The standard InChI is InChI=1S/C9H13N5S/c1-5-2-3-7(15-5)8(13-11)6-4-12-14-9(6)10/h2-4,8,13H,11H2,1H3,(H3,10,12,14). The van der Waals surface area contributed by atoms with Gasteiger partial charge in [0.05, 0.1) is 12.2 Å². The number of H-pyrrole nitrogens is 1. The van der Waals surface area contributed by atoms with Crippen LogP contribution in [-0.2, 0) is 0 Å². The molecule has 0 radical (unpaired) electrons. The molecule has 0 aliphatic heterocycles. The van der Waals surface area contributed by atoms with Crippen LogP contribution in [0.1, 0.15) is 21.4 Å². The number of hydrogen-bond acceptors (Lipinski definition) is 5. The lowest BCUT2D eigenvalue weighted by molar-refractivity contribution is 0.648. The highest BCUT2D eigenvalue weighted by Gasteiger charge is 2.17. The predicted molar refractivity (Wildman–Crippen MR) is 61.2 cm³/mol. The molecule has 0 spiro atoms. The molecule has 0 amide bonds. The van der Waals surface area contributed by atoms with E-state index in [1.54, 1.807) is 17.5 Å². The molecule has 15 heavy (non-hydrogen) atoms. The van der Waals surface area contributed by atoms with Crippen LogP contribution in [-0.4, -0.2) is 10.2 Å². The Kier molecular flexibility index (Phi) is 2.72. The summed E-state index contributed by atoms with van der Waals surface area (Å²) in [6.07, 6.45) is 1.69. The van der Waals surface area contributed by atoms with Crippen molar-refractivity contribution in [1.29, 1.82) is 0 Å². The van der Waals surface area contributed by atoms with Gasteiger partial charge in [-0.15, -0.1) is 11.3 Å². The third-order valence-corrected chi connectivity index (χ3v) is 3.29. The predicted octanol–water partition coefficient (Wildman–Crippen LogP) is 0.915. The van der Waals surface area contributed by atoms with Crippen molar-refractivity contribution >= 4 is 17.2 Å². The topological polar surface area (TPSA) is 92.7 Å². The molecular weight excluding hydrogens is 210 g/mol. The molecule has 5 nitrogen and oxygen atoms in total. The van der Waals surface area contributed by atoms with Crippen molar-refractivity contribution in [3.63, 3.8) is 0 Å². The first-order chi connectivity index (χ1) is 7.22. The molecule has 2 aromatic rings. The Morgan fingerprint density at radius 2 is 2.33 bits per heavy atom. The lowest BCUT2D eigenvalue weighted by Crippen LogP contribution is -2.28. The fourth-order valence-corrected chi connectivity index (χ4v) is 2.43. The van der Waals surface area contributed by atoms with Crippen molar-refractivity contribution in [3.8, 4) is 0 Å². The second-order valence-electron chi connectivity index (χ2n) is 3.29. The number of nitrogens with two attached hydrogens (primary N) is 2. The van der Waals surface area contributed by atoms with E-state index in [1.807, 2.05) is 6.07 Å². The normalized spacial score (nSPS) is 12.9. The number of rotatable bonds is 3. The molecule has 80 valence electrons. The largest absolute Gasteiger partial charge is 0.384 e. The van der Waals surface area contributed by atoms with Gasteiger partial charge in [-0.25, -0.2) is 5.43 Å². The molecule has 1 unspecified atom stereocenters. The minimum Gasteiger partial charge on any atom is -0.384 e. The van der Waals surface area contributed by atoms with E-state index in [4.69, 9.17) is 11.6 Å². The highest BCUT2D eigenvalue weighted by atomic mass is 32.1. The highest BCUT2D eigenvalue weighted by molar-refractivity contribution is 7.12. The summed E-state index contributed by atoms with van der Waals surface area (Å²) in [5.41, 5.74) is 9.37. The van der Waals surface area contributed by atoms with Gasteiger partial charge in [-0.2, -0.15) is 5.10 Å². The molecule has 2 rings (SSSR count). The average Bonchev–Trinajstić information content (AvgIpc) is 2.79. The van der Waals surface area contributed by atoms with Gasteiger partial charge in [0.15, 0.2) is 0 Å². The number of nitrogens with one attached hydrogen (secondary N) is 2. The van der Waals surface area contributed by atoms with Crippen LogP contribution in [0.2, 0.25) is 0 Å². The van der Waals surface area contributed by atoms with Gasteiger partial charge in [0, 0.05) is 15.3 Å². The van der Waals surface area contributed by atoms with Crippen LogP contribution in [0.25, 0.3) is 0 Å². The van der Waals surface area contributed by atoms with Crippen LogP contribution in [0.3, 0.4) is 0 Å². The Hall–Kier alpha value is -1.37. The molecular formula is C9H13N5S. The number of nitrogens with zero attached hydrogens (tertiary/aromatic N) is 1. The Morgan fingerprint density at radius 1 is 1.53 bits per heavy atom. The number of thiophene rings is 1. The first-order valence-corrected chi connectivity index (χ1v) is 5.35. The van der Waals surface area contributed by atoms with E-state index in [0.29, 0.717) is 5.82 Å². The average molecular weight is 223 g/mol. The van der Waals surface area contributed by atoms with Crippen molar-refractivity contribution in [2.75, 3.05) is 5.73 Å². The fraction of sp³-hybridized carbons (Fsp3) is 0.222. The summed E-state index contributed by atoms with van der Waals surface area (Å²) < 4.78 is 0. The van der Waals surface area contributed by atoms with Gasteiger partial charge < -0.3 is 5.73 Å². The van der Waals surface area contributed by atoms with Crippen LogP contribution in [0, 0.1) is 6.92 Å². The molecule has 0 aromatic carbocycles. The summed E-state index contributed by atoms with van der Waals surface area (Å²) in [5.74, 6) is 6.08. The third-order valence-electron chi connectivity index (χ3n) is 2.22. The van der Waals surface area contributed by atoms with E-state index >= 15 is 0 Å². The van der Waals surface area contributed by atoms with E-state index in [9.17, 15) is 0 Å². The van der Waals surface area contributed by atoms with Crippen LogP contribution >= 0.6 is 11.3 Å². The number of hydrazine groups is 1. The molecule has 0 fully saturated rings. The van der Waals surface area contributed by atoms with Crippen LogP contribution in [0.4, 0.5) is 5.82 Å². The van der Waals surface area contributed by atoms with Gasteiger partial charge in [-0.1, -0.05) is 0 Å². The minimum absolute atomic E-state index is 0.0950. The number of anilines is 1. The molecule has 0 saturated heterocycles. The van der Waals surface area contributed by atoms with E-state index < -0.39 is 0 Å². The summed E-state index contributed by atoms with van der Waals surface area (Å²) >= 11 is 1.69. The van der Waals surface area contributed by atoms with Crippen LogP contribution in [0.5, 0.6) is 0 Å². The molecule has 6 heteroatoms. The number of aryl methyl sites for hydroxylation is 1. The van der Waals surface area contributed by atoms with Crippen molar-refractivity contribution in [3.05, 3.63) is 33.6 Å². The maximum absolute atomic E-state index is 5.75. The summed E-state index contributed by atoms with van der Waals surface area (Å²) in [6, 6.07) is 4.00. The Morgan fingerprint density at radius 3 is 2.80 bits per heavy atom. The summed E-state index contributed by atoms with van der Waals surface area (Å²) in [6.45, 7) is 2.06. The SMILES string of the molecule is Cc1ccc(C(NN)c2cn[nH]c2N)s1. The number of aromatic nitrogens is 2. The number of nitrogen functional groups attached to an aromatic ring is 1. The van der Waals surface area contributed by atoms with Crippen molar-refractivity contribution in [1.82, 2.24) is 15.6 Å². The van der Waals surface area contributed by atoms with Gasteiger partial charge >= 0.3 is 0 Å². The number of hydrogen-bond donors (Lipinski definition) is 4. The molecule has 0 saturated carbocycles. The minimum atomic E-state index is -0.0950. The van der Waals surface area contributed by atoms with Crippen LogP contribution in [0.15, 0.2) is 18.3 Å². The highest BCUT2D eigenvalue weighted by Crippen LogP contribution is 2.29. The second-order valence-corrected chi connectivity index (χ2v) is 4.61. The first-order valence-electron chi connectivity index (χ1n) is 4.53. The monoisotopic (exact) mass is 223 g/mol. The molecule has 0 bridgehead atoms. The molecule has 2 aromatic heterocycles. The van der Waals surface area contributed by atoms with Crippen LogP contribution < -0.4 is 17.0 Å². The zero-order valence-electron chi connectivity index (χ0n) is 8.32. The first kappa shape index (κ1) is 10.2. The Balaban J connectivity index is 2.36. The third kappa shape index (κ3) is 1.87. The lowest BCUT2D eigenvalue weighted by atomic mass is 10.1. The maximum Gasteiger partial charge on any atom is 0.124 e. The smallest absolute Gasteiger partial charge is 0.124 e. The fourth-order valence-electron chi connectivity index (χ4n) is 1.47. The second kappa shape index (κ2) is 4.01. The van der Waals surface area contributed by atoms with E-state index in [2.05, 4.69) is 28.6 Å². The molecule has 0 aliphatic carbocycles. The zero-order chi connectivity index (χ0) is 10.8. The lowest BCUT2D eigenvalue weighted by Gasteiger charge is -2.12. The molecule has 0 aliphatic rings. The van der Waals surface area contributed by atoms with Gasteiger partial charge in [-0.05, 0) is 19.1 Å². The van der Waals surface area contributed by atoms with Gasteiger partial charge in [-0.3, -0.25) is 10.9 Å². The zero-order valence-corrected chi connectivity index (χ0v) is 9.14. The van der Waals surface area contributed by atoms with E-state index in [1.165, 1.54) is 4.88 Å². The Labute approximate surface area is 91.5 Å². The molecule has 2 heterocycles. The summed E-state index contributed by atoms with van der Waals surface area (Å²) in [7, 11) is 0.